The summed E-state index contributed by atoms with van der Waals surface area (Å²) in [7, 11) is 0. The maximum atomic E-state index is 5.85. The molecule has 0 spiro atoms. The second-order valence-electron chi connectivity index (χ2n) is 4.52. The van der Waals surface area contributed by atoms with Gasteiger partial charge in [0.1, 0.15) is 11.5 Å². The summed E-state index contributed by atoms with van der Waals surface area (Å²) in [5, 5.41) is 3.40. The molecule has 0 amide bonds. The molecule has 2 aromatic rings. The summed E-state index contributed by atoms with van der Waals surface area (Å²) in [6.45, 7) is 5.21. The van der Waals surface area contributed by atoms with Gasteiger partial charge in [-0.25, -0.2) is 0 Å². The van der Waals surface area contributed by atoms with Gasteiger partial charge in [0.25, 0.3) is 0 Å². The van der Waals surface area contributed by atoms with Gasteiger partial charge in [-0.2, -0.15) is 0 Å². The molecule has 0 saturated heterocycles. The topological polar surface area (TPSA) is 21.3 Å². The van der Waals surface area contributed by atoms with Crippen LogP contribution in [0.5, 0.6) is 11.5 Å². The summed E-state index contributed by atoms with van der Waals surface area (Å²) < 4.78 is 7.91. The van der Waals surface area contributed by atoms with Gasteiger partial charge < -0.3 is 10.1 Å². The third kappa shape index (κ3) is 4.08. The highest BCUT2D eigenvalue weighted by molar-refractivity contribution is 9.10. The van der Waals surface area contributed by atoms with Crippen LogP contribution in [-0.2, 0) is 0 Å². The van der Waals surface area contributed by atoms with Crippen LogP contribution in [0, 0.1) is 0 Å². The Labute approximate surface area is 136 Å². The molecule has 0 fully saturated rings. The first-order valence-electron chi connectivity index (χ1n) is 6.56. The third-order valence-electron chi connectivity index (χ3n) is 2.98. The number of ether oxygens (including phenoxy) is 1. The molecule has 0 aromatic heterocycles. The van der Waals surface area contributed by atoms with Crippen molar-refractivity contribution in [1.29, 1.82) is 0 Å². The first-order chi connectivity index (χ1) is 9.60. The van der Waals surface area contributed by atoms with Crippen molar-refractivity contribution in [2.75, 3.05) is 6.54 Å². The van der Waals surface area contributed by atoms with Gasteiger partial charge in [-0.3, -0.25) is 0 Å². The lowest BCUT2D eigenvalue weighted by atomic mass is 10.1. The number of hydrogen-bond donors (Lipinski definition) is 1. The van der Waals surface area contributed by atoms with Gasteiger partial charge in [-0.1, -0.05) is 50.9 Å². The third-order valence-corrected chi connectivity index (χ3v) is 4.16. The summed E-state index contributed by atoms with van der Waals surface area (Å²) in [6.07, 6.45) is 0. The van der Waals surface area contributed by atoms with E-state index in [0.717, 1.165) is 27.0 Å². The average molecular weight is 399 g/mol. The van der Waals surface area contributed by atoms with Gasteiger partial charge in [0, 0.05) is 15.0 Å². The Balaban J connectivity index is 2.17. The molecular weight excluding hydrogens is 382 g/mol. The van der Waals surface area contributed by atoms with Crippen LogP contribution >= 0.6 is 31.9 Å². The molecule has 1 atom stereocenters. The minimum atomic E-state index is 0.314. The molecule has 0 aliphatic carbocycles. The zero-order valence-corrected chi connectivity index (χ0v) is 14.7. The van der Waals surface area contributed by atoms with E-state index in [1.54, 1.807) is 0 Å². The molecule has 20 heavy (non-hydrogen) atoms. The number of hydrogen-bond acceptors (Lipinski definition) is 2. The number of benzene rings is 2. The fraction of sp³-hybridized carbons (Fsp3) is 0.250. The molecule has 0 heterocycles. The smallest absolute Gasteiger partial charge is 0.128 e. The summed E-state index contributed by atoms with van der Waals surface area (Å²) >= 11 is 7.06. The number of nitrogens with one attached hydrogen (secondary N) is 1. The van der Waals surface area contributed by atoms with E-state index in [9.17, 15) is 0 Å². The molecular formula is C16H17Br2NO. The predicted octanol–water partition coefficient (Wildman–Crippen LogP) is 5.67. The molecule has 0 saturated carbocycles. The Bertz CT molecular complexity index is 586. The Hall–Kier alpha value is -0.840. The fourth-order valence-corrected chi connectivity index (χ4v) is 3.08. The van der Waals surface area contributed by atoms with E-state index < -0.39 is 0 Å². The zero-order chi connectivity index (χ0) is 14.5. The summed E-state index contributed by atoms with van der Waals surface area (Å²) in [5.41, 5.74) is 1.23. The quantitative estimate of drug-likeness (QED) is 0.699. The lowest BCUT2D eigenvalue weighted by Gasteiger charge is -2.15. The monoisotopic (exact) mass is 397 g/mol. The van der Waals surface area contributed by atoms with E-state index in [4.69, 9.17) is 4.74 Å². The van der Waals surface area contributed by atoms with Crippen molar-refractivity contribution in [1.82, 2.24) is 5.32 Å². The van der Waals surface area contributed by atoms with Crippen LogP contribution < -0.4 is 10.1 Å². The van der Waals surface area contributed by atoms with Crippen molar-refractivity contribution < 1.29 is 4.74 Å². The van der Waals surface area contributed by atoms with Crippen LogP contribution in [0.25, 0.3) is 0 Å². The van der Waals surface area contributed by atoms with Gasteiger partial charge in [-0.15, -0.1) is 0 Å². The second-order valence-corrected chi connectivity index (χ2v) is 6.29. The number of halogens is 2. The summed E-state index contributed by atoms with van der Waals surface area (Å²) in [4.78, 5) is 0. The molecule has 2 rings (SSSR count). The summed E-state index contributed by atoms with van der Waals surface area (Å²) in [6, 6.07) is 14.2. The second kappa shape index (κ2) is 7.25. The minimum Gasteiger partial charge on any atom is -0.457 e. The lowest BCUT2D eigenvalue weighted by Crippen LogP contribution is -2.17. The van der Waals surface area contributed by atoms with Crippen LogP contribution in [0.1, 0.15) is 25.5 Å². The minimum absolute atomic E-state index is 0.314. The molecule has 4 heteroatoms. The van der Waals surface area contributed by atoms with Crippen molar-refractivity contribution in [3.05, 3.63) is 57.0 Å². The highest BCUT2D eigenvalue weighted by atomic mass is 79.9. The van der Waals surface area contributed by atoms with Gasteiger partial charge in [-0.05, 0) is 49.4 Å². The summed E-state index contributed by atoms with van der Waals surface area (Å²) in [5.74, 6) is 1.64. The highest BCUT2D eigenvalue weighted by Gasteiger charge is 2.09. The Morgan fingerprint density at radius 3 is 2.50 bits per heavy atom. The van der Waals surface area contributed by atoms with Gasteiger partial charge in [0.15, 0.2) is 0 Å². The molecule has 2 aromatic carbocycles. The molecule has 1 N–H and O–H groups in total. The normalized spacial score (nSPS) is 12.2. The van der Waals surface area contributed by atoms with Gasteiger partial charge in [0.2, 0.25) is 0 Å². The van der Waals surface area contributed by atoms with Crippen LogP contribution in [0.4, 0.5) is 0 Å². The Kier molecular flexibility index (Phi) is 5.64. The molecule has 1 unspecified atom stereocenters. The van der Waals surface area contributed by atoms with E-state index in [2.05, 4.69) is 57.1 Å². The first-order valence-corrected chi connectivity index (χ1v) is 8.15. The van der Waals surface area contributed by atoms with E-state index >= 15 is 0 Å². The maximum absolute atomic E-state index is 5.85. The first kappa shape index (κ1) is 15.5. The van der Waals surface area contributed by atoms with Crippen LogP contribution in [-0.4, -0.2) is 6.54 Å². The van der Waals surface area contributed by atoms with Crippen LogP contribution in [0.2, 0.25) is 0 Å². The van der Waals surface area contributed by atoms with Crippen molar-refractivity contribution in [3.8, 4) is 11.5 Å². The highest BCUT2D eigenvalue weighted by Crippen LogP contribution is 2.30. The van der Waals surface area contributed by atoms with Crippen molar-refractivity contribution in [2.24, 2.45) is 0 Å². The average Bonchev–Trinajstić information content (AvgIpc) is 2.39. The predicted molar refractivity (Wildman–Crippen MR) is 90.4 cm³/mol. The van der Waals surface area contributed by atoms with Crippen LogP contribution in [0.3, 0.4) is 0 Å². The standard InChI is InChI=1S/C16H17Br2NO/c1-3-19-11(2)15-8-7-14(10-16(15)18)20-13-6-4-5-12(17)9-13/h4-11,19H,3H2,1-2H3. The Morgan fingerprint density at radius 2 is 1.85 bits per heavy atom. The van der Waals surface area contributed by atoms with E-state index in [-0.39, 0.29) is 0 Å². The number of rotatable bonds is 5. The molecule has 0 bridgehead atoms. The van der Waals surface area contributed by atoms with Crippen molar-refractivity contribution >= 4 is 31.9 Å². The molecule has 0 radical (unpaired) electrons. The SMILES string of the molecule is CCNC(C)c1ccc(Oc2cccc(Br)c2)cc1Br. The lowest BCUT2D eigenvalue weighted by molar-refractivity contribution is 0.481. The van der Waals surface area contributed by atoms with E-state index in [0.29, 0.717) is 6.04 Å². The maximum Gasteiger partial charge on any atom is 0.128 e. The van der Waals surface area contributed by atoms with E-state index in [1.165, 1.54) is 5.56 Å². The molecule has 106 valence electrons. The van der Waals surface area contributed by atoms with E-state index in [1.807, 2.05) is 36.4 Å². The molecule has 2 nitrogen and oxygen atoms in total. The van der Waals surface area contributed by atoms with Crippen molar-refractivity contribution in [3.63, 3.8) is 0 Å². The molecule has 0 aliphatic heterocycles. The fourth-order valence-electron chi connectivity index (χ4n) is 2.01. The van der Waals surface area contributed by atoms with Gasteiger partial charge in [0.05, 0.1) is 0 Å². The van der Waals surface area contributed by atoms with Gasteiger partial charge >= 0.3 is 0 Å². The largest absolute Gasteiger partial charge is 0.457 e. The zero-order valence-electron chi connectivity index (χ0n) is 11.5. The molecule has 0 aliphatic rings. The van der Waals surface area contributed by atoms with Crippen LogP contribution in [0.15, 0.2) is 51.4 Å². The van der Waals surface area contributed by atoms with Crippen molar-refractivity contribution in [2.45, 2.75) is 19.9 Å². The Morgan fingerprint density at radius 1 is 1.10 bits per heavy atom.